The highest BCUT2D eigenvalue weighted by Gasteiger charge is 2.47. The third-order valence-corrected chi connectivity index (χ3v) is 12.5. The molecule has 0 saturated carbocycles. The Labute approximate surface area is 442 Å². The molecule has 1 saturated heterocycles. The Morgan fingerprint density at radius 3 is 1.63 bits per heavy atom. The number of allylic oxidation sites excluding steroid dienone is 19. The van der Waals surface area contributed by atoms with Gasteiger partial charge in [-0.15, -0.1) is 0 Å². The van der Waals surface area contributed by atoms with Crippen molar-refractivity contribution in [3.63, 3.8) is 0 Å². The predicted molar refractivity (Wildman–Crippen MR) is 301 cm³/mol. The Morgan fingerprint density at radius 1 is 0.562 bits per heavy atom. The van der Waals surface area contributed by atoms with E-state index in [2.05, 4.69) is 74.7 Å². The van der Waals surface area contributed by atoms with Crippen molar-refractivity contribution in [3.8, 4) is 0 Å². The van der Waals surface area contributed by atoms with Crippen molar-refractivity contribution in [1.82, 2.24) is 5.32 Å². The molecule has 73 heavy (non-hydrogen) atoms. The van der Waals surface area contributed by atoms with E-state index in [4.69, 9.17) is 14.2 Å². The molecule has 0 aromatic rings. The number of aliphatic hydroxyl groups is 5. The van der Waals surface area contributed by atoms with Gasteiger partial charge in [-0.25, -0.2) is 0 Å². The van der Waals surface area contributed by atoms with Gasteiger partial charge in [0.2, 0.25) is 5.91 Å². The second-order valence-corrected chi connectivity index (χ2v) is 19.1. The van der Waals surface area contributed by atoms with Crippen molar-refractivity contribution in [1.29, 1.82) is 0 Å². The van der Waals surface area contributed by atoms with Crippen molar-refractivity contribution in [2.45, 2.75) is 243 Å². The maximum Gasteiger partial charge on any atom is 0.306 e. The third-order valence-electron chi connectivity index (χ3n) is 12.5. The lowest BCUT2D eigenvalue weighted by molar-refractivity contribution is -0.305. The number of amides is 1. The molecule has 0 aliphatic carbocycles. The summed E-state index contributed by atoms with van der Waals surface area (Å²) in [6, 6.07) is -1.07. The zero-order chi connectivity index (χ0) is 53.3. The van der Waals surface area contributed by atoms with E-state index >= 15 is 0 Å². The van der Waals surface area contributed by atoms with Crippen molar-refractivity contribution in [2.75, 3.05) is 13.2 Å². The number of unbranched alkanes of at least 4 members (excludes halogenated alkanes) is 17. The molecule has 8 unspecified atom stereocenters. The molecule has 11 heteroatoms. The fraction of sp³-hybridized carbons (Fsp3) is 0.645. The first kappa shape index (κ1) is 67.1. The van der Waals surface area contributed by atoms with E-state index in [1.165, 1.54) is 70.6 Å². The van der Waals surface area contributed by atoms with Crippen molar-refractivity contribution < 1.29 is 49.3 Å². The number of aliphatic hydroxyl groups excluding tert-OH is 5. The summed E-state index contributed by atoms with van der Waals surface area (Å²) in [4.78, 5) is 26.4. The van der Waals surface area contributed by atoms with Crippen LogP contribution in [-0.4, -0.2) is 99.6 Å². The lowest BCUT2D eigenvalue weighted by Gasteiger charge is -2.41. The normalized spacial score (nSPS) is 20.4. The molecule has 8 atom stereocenters. The summed E-state index contributed by atoms with van der Waals surface area (Å²) in [5.74, 6) is -1.31. The van der Waals surface area contributed by atoms with E-state index in [1.807, 2.05) is 66.8 Å². The molecule has 1 heterocycles. The molecule has 1 amide bonds. The van der Waals surface area contributed by atoms with Gasteiger partial charge in [-0.05, 0) is 83.5 Å². The van der Waals surface area contributed by atoms with Gasteiger partial charge in [-0.2, -0.15) is 0 Å². The first-order valence-corrected chi connectivity index (χ1v) is 28.4. The average molecular weight is 1020 g/mol. The Bertz CT molecular complexity index is 1640. The van der Waals surface area contributed by atoms with Gasteiger partial charge in [0.05, 0.1) is 25.4 Å². The average Bonchev–Trinajstić information content (AvgIpc) is 3.39. The smallest absolute Gasteiger partial charge is 0.306 e. The van der Waals surface area contributed by atoms with Crippen LogP contribution in [0.4, 0.5) is 0 Å². The molecule has 1 aliphatic rings. The summed E-state index contributed by atoms with van der Waals surface area (Å²) < 4.78 is 17.5. The van der Waals surface area contributed by atoms with Crippen LogP contribution < -0.4 is 5.32 Å². The maximum absolute atomic E-state index is 13.4. The van der Waals surface area contributed by atoms with Gasteiger partial charge in [-0.1, -0.05) is 226 Å². The molecule has 1 aliphatic heterocycles. The molecular weight excluding hydrogens is 919 g/mol. The molecule has 0 aromatic carbocycles. The summed E-state index contributed by atoms with van der Waals surface area (Å²) in [5.41, 5.74) is 0. The number of hydrogen-bond acceptors (Lipinski definition) is 10. The molecule has 0 aromatic heterocycles. The standard InChI is InChI=1S/C62H101NO10/c1-4-7-10-13-16-19-22-25-27-29-31-34-37-40-43-46-49-55(66)61(70)63-53(54(65)48-45-42-39-36-33-30-24-21-18-15-12-9-6-3)52-71-62-60(59(69)58(68)56(51-64)72-62)73-57(67)50-47-44-41-38-35-32-28-26-23-20-17-14-11-8-5-2/h8,11,14,16-17,19-20,23,25-28,31-32,34-35,40,43,45,48,53-56,58-60,62,64-66,68-69H,4-7,9-10,12-13,15,18,21-22,24,29-30,33,36-39,41-42,44,46-47,49-52H2,1-3H3,(H,63,70)/b11-8+,17-14+,19-16-,23-20-,27-25-,28-26-,34-31-,35-32+,43-40-,48-45+. The minimum Gasteiger partial charge on any atom is -0.454 e. The Hall–Kier alpha value is -3.94. The number of hydrogen-bond donors (Lipinski definition) is 6. The molecule has 0 spiro atoms. The van der Waals surface area contributed by atoms with Gasteiger partial charge in [0, 0.05) is 6.42 Å². The number of nitrogens with one attached hydrogen (secondary N) is 1. The number of ether oxygens (including phenoxy) is 3. The highest BCUT2D eigenvalue weighted by Crippen LogP contribution is 2.26. The van der Waals surface area contributed by atoms with Crippen LogP contribution in [0.25, 0.3) is 0 Å². The lowest BCUT2D eigenvalue weighted by atomic mass is 9.99. The predicted octanol–water partition coefficient (Wildman–Crippen LogP) is 12.7. The summed E-state index contributed by atoms with van der Waals surface area (Å²) in [6.45, 7) is 5.53. The largest absolute Gasteiger partial charge is 0.454 e. The highest BCUT2D eigenvalue weighted by molar-refractivity contribution is 5.80. The van der Waals surface area contributed by atoms with Crippen LogP contribution in [0.2, 0.25) is 0 Å². The van der Waals surface area contributed by atoms with Gasteiger partial charge in [0.15, 0.2) is 12.4 Å². The van der Waals surface area contributed by atoms with Gasteiger partial charge < -0.3 is 45.1 Å². The number of carbonyl (C=O) groups excluding carboxylic acids is 2. The van der Waals surface area contributed by atoms with Crippen LogP contribution in [0.3, 0.4) is 0 Å². The third kappa shape index (κ3) is 37.4. The minimum atomic E-state index is -1.65. The first-order valence-electron chi connectivity index (χ1n) is 28.4. The van der Waals surface area contributed by atoms with E-state index in [9.17, 15) is 35.1 Å². The molecule has 0 radical (unpaired) electrons. The SMILES string of the molecule is CC/C=C/C=C/C=C\C=C/C=C/CCCCCC(=O)OC1C(OCC(NC(=O)C(O)CC/C=C\C/C=C\C/C=C\C/C=C\CCCCC)C(O)/C=C/CCCCCCCCCCCCC)OC(CO)C(O)C1O. The molecule has 1 rings (SSSR count). The molecular formula is C62H101NO10. The minimum absolute atomic E-state index is 0.0606. The second-order valence-electron chi connectivity index (χ2n) is 19.1. The van der Waals surface area contributed by atoms with Crippen LogP contribution in [-0.2, 0) is 23.8 Å². The zero-order valence-corrected chi connectivity index (χ0v) is 45.4. The summed E-state index contributed by atoms with van der Waals surface area (Å²) in [5, 5.41) is 56.7. The summed E-state index contributed by atoms with van der Waals surface area (Å²) >= 11 is 0. The first-order chi connectivity index (χ1) is 35.7. The highest BCUT2D eigenvalue weighted by atomic mass is 16.7. The van der Waals surface area contributed by atoms with E-state index in [0.29, 0.717) is 12.8 Å². The van der Waals surface area contributed by atoms with Gasteiger partial charge >= 0.3 is 5.97 Å². The topological polar surface area (TPSA) is 175 Å². The summed E-state index contributed by atoms with van der Waals surface area (Å²) in [7, 11) is 0. The van der Waals surface area contributed by atoms with Gasteiger partial charge in [0.1, 0.15) is 24.4 Å². The Balaban J connectivity index is 2.84. The quantitative estimate of drug-likeness (QED) is 0.0149. The second kappa shape index (κ2) is 49.0. The van der Waals surface area contributed by atoms with Gasteiger partial charge in [-0.3, -0.25) is 9.59 Å². The fourth-order valence-corrected chi connectivity index (χ4v) is 7.95. The van der Waals surface area contributed by atoms with Crippen LogP contribution in [0, 0.1) is 0 Å². The van der Waals surface area contributed by atoms with E-state index in [1.54, 1.807) is 6.08 Å². The van der Waals surface area contributed by atoms with E-state index < -0.39 is 67.4 Å². The number of carbonyl (C=O) groups is 2. The van der Waals surface area contributed by atoms with Crippen LogP contribution in [0.1, 0.15) is 194 Å². The van der Waals surface area contributed by atoms with E-state index in [-0.39, 0.29) is 19.4 Å². The molecule has 1 fully saturated rings. The summed E-state index contributed by atoms with van der Waals surface area (Å²) in [6.07, 6.45) is 56.7. The van der Waals surface area contributed by atoms with E-state index in [0.717, 1.165) is 77.0 Å². The number of rotatable bonds is 45. The zero-order valence-electron chi connectivity index (χ0n) is 45.4. The molecule has 11 nitrogen and oxygen atoms in total. The monoisotopic (exact) mass is 1020 g/mol. The molecule has 0 bridgehead atoms. The fourth-order valence-electron chi connectivity index (χ4n) is 7.95. The maximum atomic E-state index is 13.4. The molecule has 6 N–H and O–H groups in total. The van der Waals surface area contributed by atoms with Crippen molar-refractivity contribution >= 4 is 11.9 Å². The van der Waals surface area contributed by atoms with Gasteiger partial charge in [0.25, 0.3) is 0 Å². The Kier molecular flexibility index (Phi) is 45.0. The van der Waals surface area contributed by atoms with Crippen LogP contribution in [0.5, 0.6) is 0 Å². The van der Waals surface area contributed by atoms with Crippen LogP contribution in [0.15, 0.2) is 122 Å². The van der Waals surface area contributed by atoms with Crippen molar-refractivity contribution in [3.05, 3.63) is 122 Å². The van der Waals surface area contributed by atoms with Crippen molar-refractivity contribution in [2.24, 2.45) is 0 Å². The van der Waals surface area contributed by atoms with Crippen LogP contribution >= 0.6 is 0 Å². The molecule has 414 valence electrons. The number of esters is 1. The Morgan fingerprint density at radius 2 is 1.04 bits per heavy atom. The lowest BCUT2D eigenvalue weighted by Crippen LogP contribution is -2.61.